The van der Waals surface area contributed by atoms with Crippen molar-refractivity contribution in [3.05, 3.63) is 0 Å². The number of hydrogen-bond donors (Lipinski definition) is 2. The lowest BCUT2D eigenvalue weighted by molar-refractivity contribution is -0.120. The molecule has 1 amide bonds. The lowest BCUT2D eigenvalue weighted by Crippen LogP contribution is -2.39. The molecule has 1 aliphatic rings. The maximum atomic E-state index is 11.5. The van der Waals surface area contributed by atoms with Crippen LogP contribution in [-0.2, 0) is 4.79 Å². The zero-order chi connectivity index (χ0) is 13.2. The first-order valence-electron chi connectivity index (χ1n) is 7.44. The van der Waals surface area contributed by atoms with Gasteiger partial charge in [-0.05, 0) is 52.2 Å². The molecule has 0 radical (unpaired) electrons. The second-order valence-corrected chi connectivity index (χ2v) is 5.30. The van der Waals surface area contributed by atoms with E-state index in [4.69, 9.17) is 0 Å². The SMILES string of the molecule is CCC(C)NCC(=O)NCCCN1CCCCC1. The van der Waals surface area contributed by atoms with E-state index in [1.54, 1.807) is 0 Å². The molecule has 0 aromatic heterocycles. The summed E-state index contributed by atoms with van der Waals surface area (Å²) in [6.45, 7) is 9.07. The molecule has 1 atom stereocenters. The Morgan fingerprint density at radius 3 is 2.67 bits per heavy atom. The molecule has 1 saturated heterocycles. The summed E-state index contributed by atoms with van der Waals surface area (Å²) in [6.07, 6.45) is 6.18. The van der Waals surface area contributed by atoms with Gasteiger partial charge in [0.05, 0.1) is 6.54 Å². The molecule has 1 rings (SSSR count). The molecule has 0 bridgehead atoms. The zero-order valence-electron chi connectivity index (χ0n) is 12.0. The van der Waals surface area contributed by atoms with Crippen molar-refractivity contribution in [3.63, 3.8) is 0 Å². The van der Waals surface area contributed by atoms with E-state index >= 15 is 0 Å². The van der Waals surface area contributed by atoms with Gasteiger partial charge in [-0.25, -0.2) is 0 Å². The Kier molecular flexibility index (Phi) is 8.01. The number of rotatable bonds is 8. The second kappa shape index (κ2) is 9.34. The number of piperidine rings is 1. The Labute approximate surface area is 111 Å². The largest absolute Gasteiger partial charge is 0.355 e. The van der Waals surface area contributed by atoms with Crippen molar-refractivity contribution < 1.29 is 4.79 Å². The molecule has 0 aliphatic carbocycles. The quantitative estimate of drug-likeness (QED) is 0.644. The van der Waals surface area contributed by atoms with Gasteiger partial charge < -0.3 is 15.5 Å². The predicted octanol–water partition coefficient (Wildman–Crippen LogP) is 1.37. The van der Waals surface area contributed by atoms with Crippen LogP contribution in [0.4, 0.5) is 0 Å². The summed E-state index contributed by atoms with van der Waals surface area (Å²) in [6, 6.07) is 0.420. The minimum absolute atomic E-state index is 0.119. The fourth-order valence-corrected chi connectivity index (χ4v) is 2.19. The van der Waals surface area contributed by atoms with Crippen LogP contribution >= 0.6 is 0 Å². The monoisotopic (exact) mass is 255 g/mol. The van der Waals surface area contributed by atoms with E-state index in [-0.39, 0.29) is 5.91 Å². The molecule has 0 aromatic rings. The summed E-state index contributed by atoms with van der Waals surface area (Å²) in [5.74, 6) is 0.119. The summed E-state index contributed by atoms with van der Waals surface area (Å²) >= 11 is 0. The normalized spacial score (nSPS) is 18.6. The fourth-order valence-electron chi connectivity index (χ4n) is 2.19. The van der Waals surface area contributed by atoms with Gasteiger partial charge >= 0.3 is 0 Å². The molecule has 1 heterocycles. The summed E-state index contributed by atoms with van der Waals surface area (Å²) < 4.78 is 0. The first-order chi connectivity index (χ1) is 8.72. The highest BCUT2D eigenvalue weighted by Gasteiger charge is 2.09. The van der Waals surface area contributed by atoms with Crippen LogP contribution in [0.15, 0.2) is 0 Å². The van der Waals surface area contributed by atoms with Gasteiger partial charge in [-0.2, -0.15) is 0 Å². The molecule has 0 spiro atoms. The van der Waals surface area contributed by atoms with Crippen LogP contribution in [0.1, 0.15) is 46.0 Å². The molecular weight excluding hydrogens is 226 g/mol. The Morgan fingerprint density at radius 2 is 2.00 bits per heavy atom. The summed E-state index contributed by atoms with van der Waals surface area (Å²) in [4.78, 5) is 14.0. The number of amides is 1. The summed E-state index contributed by atoms with van der Waals surface area (Å²) in [7, 11) is 0. The van der Waals surface area contributed by atoms with Crippen LogP contribution < -0.4 is 10.6 Å². The Hall–Kier alpha value is -0.610. The molecule has 4 nitrogen and oxygen atoms in total. The second-order valence-electron chi connectivity index (χ2n) is 5.30. The van der Waals surface area contributed by atoms with Gasteiger partial charge in [-0.3, -0.25) is 4.79 Å². The molecule has 106 valence electrons. The molecule has 0 aromatic carbocycles. The number of hydrogen-bond acceptors (Lipinski definition) is 3. The third kappa shape index (κ3) is 6.97. The molecule has 1 fully saturated rings. The molecule has 18 heavy (non-hydrogen) atoms. The third-order valence-electron chi connectivity index (χ3n) is 3.65. The minimum Gasteiger partial charge on any atom is -0.355 e. The van der Waals surface area contributed by atoms with Crippen LogP contribution in [0, 0.1) is 0 Å². The third-order valence-corrected chi connectivity index (χ3v) is 3.65. The summed E-state index contributed by atoms with van der Waals surface area (Å²) in [5.41, 5.74) is 0. The maximum absolute atomic E-state index is 11.5. The highest BCUT2D eigenvalue weighted by atomic mass is 16.1. The first kappa shape index (κ1) is 15.4. The van der Waals surface area contributed by atoms with Crippen molar-refractivity contribution >= 4 is 5.91 Å². The van der Waals surface area contributed by atoms with Crippen molar-refractivity contribution in [2.75, 3.05) is 32.7 Å². The van der Waals surface area contributed by atoms with Crippen LogP contribution in [0.5, 0.6) is 0 Å². The number of carbonyl (C=O) groups excluding carboxylic acids is 1. The number of nitrogens with zero attached hydrogens (tertiary/aromatic N) is 1. The summed E-state index contributed by atoms with van der Waals surface area (Å²) in [5, 5.41) is 6.17. The van der Waals surface area contributed by atoms with Crippen LogP contribution in [0.2, 0.25) is 0 Å². The van der Waals surface area contributed by atoms with Gasteiger partial charge in [0.1, 0.15) is 0 Å². The van der Waals surface area contributed by atoms with Gasteiger partial charge in [0.25, 0.3) is 0 Å². The molecule has 4 heteroatoms. The van der Waals surface area contributed by atoms with Crippen LogP contribution in [0.3, 0.4) is 0 Å². The van der Waals surface area contributed by atoms with Gasteiger partial charge in [0.15, 0.2) is 0 Å². The van der Waals surface area contributed by atoms with E-state index in [1.807, 2.05) is 0 Å². The van der Waals surface area contributed by atoms with Gasteiger partial charge in [0, 0.05) is 12.6 Å². The van der Waals surface area contributed by atoms with E-state index < -0.39 is 0 Å². The van der Waals surface area contributed by atoms with Crippen LogP contribution in [-0.4, -0.2) is 49.6 Å². The number of carbonyl (C=O) groups is 1. The highest BCUT2D eigenvalue weighted by molar-refractivity contribution is 5.77. The predicted molar refractivity (Wildman–Crippen MR) is 75.7 cm³/mol. The van der Waals surface area contributed by atoms with Gasteiger partial charge in [-0.1, -0.05) is 13.3 Å². The Morgan fingerprint density at radius 1 is 1.28 bits per heavy atom. The van der Waals surface area contributed by atoms with E-state index in [2.05, 4.69) is 29.4 Å². The lowest BCUT2D eigenvalue weighted by Gasteiger charge is -2.26. The van der Waals surface area contributed by atoms with E-state index in [0.29, 0.717) is 12.6 Å². The molecule has 2 N–H and O–H groups in total. The standard InChI is InChI=1S/C14H29N3O/c1-3-13(2)16-12-14(18)15-8-7-11-17-9-5-4-6-10-17/h13,16H,3-12H2,1-2H3,(H,15,18). The fraction of sp³-hybridized carbons (Fsp3) is 0.929. The average molecular weight is 255 g/mol. The topological polar surface area (TPSA) is 44.4 Å². The Bertz CT molecular complexity index is 227. The van der Waals surface area contributed by atoms with Crippen LogP contribution in [0.25, 0.3) is 0 Å². The first-order valence-corrected chi connectivity index (χ1v) is 7.44. The number of nitrogens with one attached hydrogen (secondary N) is 2. The van der Waals surface area contributed by atoms with E-state index in [1.165, 1.54) is 32.4 Å². The minimum atomic E-state index is 0.119. The van der Waals surface area contributed by atoms with Crippen molar-refractivity contribution in [2.45, 2.75) is 52.0 Å². The Balaban J connectivity index is 1.94. The van der Waals surface area contributed by atoms with Crippen molar-refractivity contribution in [1.82, 2.24) is 15.5 Å². The van der Waals surface area contributed by atoms with Crippen molar-refractivity contribution in [1.29, 1.82) is 0 Å². The molecular formula is C14H29N3O. The van der Waals surface area contributed by atoms with Gasteiger partial charge in [-0.15, -0.1) is 0 Å². The average Bonchev–Trinajstić information content (AvgIpc) is 2.42. The number of likely N-dealkylation sites (tertiary alicyclic amines) is 1. The van der Waals surface area contributed by atoms with E-state index in [0.717, 1.165) is 25.9 Å². The maximum Gasteiger partial charge on any atom is 0.233 e. The van der Waals surface area contributed by atoms with Crippen molar-refractivity contribution in [2.24, 2.45) is 0 Å². The zero-order valence-corrected chi connectivity index (χ0v) is 12.0. The van der Waals surface area contributed by atoms with E-state index in [9.17, 15) is 4.79 Å². The highest BCUT2D eigenvalue weighted by Crippen LogP contribution is 2.08. The molecule has 0 saturated carbocycles. The van der Waals surface area contributed by atoms with Crippen molar-refractivity contribution in [3.8, 4) is 0 Å². The smallest absolute Gasteiger partial charge is 0.233 e. The van der Waals surface area contributed by atoms with Gasteiger partial charge in [0.2, 0.25) is 5.91 Å². The lowest BCUT2D eigenvalue weighted by atomic mass is 10.1. The molecule has 1 unspecified atom stereocenters. The molecule has 1 aliphatic heterocycles.